The average molecular weight is 291 g/mol. The normalized spacial score (nSPS) is 25.3. The second-order valence-electron chi connectivity index (χ2n) is 5.64. The summed E-state index contributed by atoms with van der Waals surface area (Å²) in [6.45, 7) is 1.45. The number of carbonyl (C=O) groups is 1. The molecule has 1 aliphatic carbocycles. The number of hydrogen-bond donors (Lipinski definition) is 1. The first-order chi connectivity index (χ1) is 9.80. The number of thiophene rings is 1. The lowest BCUT2D eigenvalue weighted by atomic mass is 9.86. The molecule has 0 radical (unpaired) electrons. The van der Waals surface area contributed by atoms with Crippen molar-refractivity contribution in [1.29, 1.82) is 0 Å². The van der Waals surface area contributed by atoms with Crippen molar-refractivity contribution in [2.24, 2.45) is 5.92 Å². The zero-order valence-corrected chi connectivity index (χ0v) is 12.5. The van der Waals surface area contributed by atoms with E-state index in [1.807, 2.05) is 0 Å². The molecule has 1 aliphatic heterocycles. The molecular formula is C16H21NO2S. The molecule has 1 aromatic heterocycles. The van der Waals surface area contributed by atoms with Gasteiger partial charge in [-0.2, -0.15) is 0 Å². The zero-order chi connectivity index (χ0) is 13.8. The van der Waals surface area contributed by atoms with Gasteiger partial charge >= 0.3 is 0 Å². The maximum atomic E-state index is 12.6. The van der Waals surface area contributed by atoms with Crippen molar-refractivity contribution in [3.05, 3.63) is 34.5 Å². The minimum atomic E-state index is -0.204. The molecule has 0 unspecified atom stereocenters. The van der Waals surface area contributed by atoms with Crippen molar-refractivity contribution in [3.8, 4) is 0 Å². The maximum Gasteiger partial charge on any atom is 0.224 e. The zero-order valence-electron chi connectivity index (χ0n) is 11.6. The first-order valence-corrected chi connectivity index (χ1v) is 8.27. The number of allylic oxidation sites excluding steroid dienone is 2. The van der Waals surface area contributed by atoms with Gasteiger partial charge in [-0.1, -0.05) is 18.2 Å². The number of hydrogen-bond acceptors (Lipinski definition) is 3. The third-order valence-electron chi connectivity index (χ3n) is 4.34. The summed E-state index contributed by atoms with van der Waals surface area (Å²) < 4.78 is 5.49. The highest BCUT2D eigenvalue weighted by atomic mass is 32.1. The summed E-state index contributed by atoms with van der Waals surface area (Å²) in [5, 5.41) is 5.45. The van der Waals surface area contributed by atoms with Gasteiger partial charge in [-0.15, -0.1) is 11.3 Å². The minimum absolute atomic E-state index is 0.139. The highest BCUT2D eigenvalue weighted by molar-refractivity contribution is 7.10. The molecule has 1 fully saturated rings. The van der Waals surface area contributed by atoms with Crippen LogP contribution >= 0.6 is 11.3 Å². The number of nitrogens with one attached hydrogen (secondary N) is 1. The van der Waals surface area contributed by atoms with E-state index in [2.05, 4.69) is 35.0 Å². The fraction of sp³-hybridized carbons (Fsp3) is 0.562. The fourth-order valence-corrected chi connectivity index (χ4v) is 4.01. The van der Waals surface area contributed by atoms with E-state index in [0.717, 1.165) is 45.3 Å². The van der Waals surface area contributed by atoms with Gasteiger partial charge in [0, 0.05) is 24.0 Å². The molecule has 3 nitrogen and oxygen atoms in total. The van der Waals surface area contributed by atoms with Crippen LogP contribution in [-0.4, -0.2) is 19.1 Å². The third-order valence-corrected chi connectivity index (χ3v) is 5.42. The van der Waals surface area contributed by atoms with Gasteiger partial charge in [0.25, 0.3) is 0 Å². The van der Waals surface area contributed by atoms with Gasteiger partial charge in [-0.05, 0) is 43.6 Å². The summed E-state index contributed by atoms with van der Waals surface area (Å²) >= 11 is 1.73. The third kappa shape index (κ3) is 2.81. The highest BCUT2D eigenvalue weighted by Crippen LogP contribution is 2.35. The Morgan fingerprint density at radius 3 is 2.85 bits per heavy atom. The summed E-state index contributed by atoms with van der Waals surface area (Å²) in [5.74, 6) is 0.351. The predicted octanol–water partition coefficient (Wildman–Crippen LogP) is 3.23. The number of carbonyl (C=O) groups excluding carboxylic acids is 1. The predicted molar refractivity (Wildman–Crippen MR) is 80.7 cm³/mol. The molecule has 1 amide bonds. The molecule has 0 saturated carbocycles. The number of ether oxygens (including phenoxy) is 1. The minimum Gasteiger partial charge on any atom is -0.381 e. The molecule has 20 heavy (non-hydrogen) atoms. The van der Waals surface area contributed by atoms with E-state index in [0.29, 0.717) is 0 Å². The van der Waals surface area contributed by atoms with Crippen molar-refractivity contribution in [2.75, 3.05) is 13.2 Å². The molecule has 1 N–H and O–H groups in total. The topological polar surface area (TPSA) is 38.3 Å². The molecule has 0 bridgehead atoms. The lowest BCUT2D eigenvalue weighted by Gasteiger charge is -2.38. The maximum absolute atomic E-state index is 12.6. The van der Waals surface area contributed by atoms with E-state index < -0.39 is 0 Å². The molecule has 108 valence electrons. The van der Waals surface area contributed by atoms with E-state index in [9.17, 15) is 4.79 Å². The molecule has 0 spiro atoms. The Morgan fingerprint density at radius 2 is 2.20 bits per heavy atom. The van der Waals surface area contributed by atoms with Crippen molar-refractivity contribution >= 4 is 17.2 Å². The first kappa shape index (κ1) is 13.8. The largest absolute Gasteiger partial charge is 0.381 e. The van der Waals surface area contributed by atoms with Gasteiger partial charge in [0.2, 0.25) is 5.91 Å². The van der Waals surface area contributed by atoms with Crippen LogP contribution in [0.4, 0.5) is 0 Å². The average Bonchev–Trinajstić information content (AvgIpc) is 3.04. The number of rotatable bonds is 3. The van der Waals surface area contributed by atoms with Gasteiger partial charge < -0.3 is 10.1 Å². The van der Waals surface area contributed by atoms with Crippen molar-refractivity contribution < 1.29 is 9.53 Å². The fourth-order valence-electron chi connectivity index (χ4n) is 3.07. The Kier molecular flexibility index (Phi) is 4.22. The summed E-state index contributed by atoms with van der Waals surface area (Å²) in [6.07, 6.45) is 8.93. The molecule has 3 rings (SSSR count). The second-order valence-corrected chi connectivity index (χ2v) is 6.59. The molecule has 1 saturated heterocycles. The quantitative estimate of drug-likeness (QED) is 0.868. The monoisotopic (exact) mass is 291 g/mol. The first-order valence-electron chi connectivity index (χ1n) is 7.39. The van der Waals surface area contributed by atoms with Crippen molar-refractivity contribution in [3.63, 3.8) is 0 Å². The van der Waals surface area contributed by atoms with E-state index in [-0.39, 0.29) is 17.4 Å². The SMILES string of the molecule is O=C(NC1(c2cccs2)CCOCC1)[C@@H]1CC=CCC1. The molecular weight excluding hydrogens is 270 g/mol. The Balaban J connectivity index is 1.76. The van der Waals surface area contributed by atoms with Crippen LogP contribution in [0, 0.1) is 5.92 Å². The van der Waals surface area contributed by atoms with Crippen LogP contribution in [0.3, 0.4) is 0 Å². The van der Waals surface area contributed by atoms with Crippen LogP contribution in [0.2, 0.25) is 0 Å². The van der Waals surface area contributed by atoms with E-state index in [1.54, 1.807) is 11.3 Å². The highest BCUT2D eigenvalue weighted by Gasteiger charge is 2.38. The van der Waals surface area contributed by atoms with Crippen LogP contribution in [-0.2, 0) is 15.1 Å². The van der Waals surface area contributed by atoms with E-state index >= 15 is 0 Å². The van der Waals surface area contributed by atoms with Crippen molar-refractivity contribution in [2.45, 2.75) is 37.6 Å². The van der Waals surface area contributed by atoms with E-state index in [1.165, 1.54) is 4.88 Å². The summed E-state index contributed by atoms with van der Waals surface area (Å²) in [6, 6.07) is 4.20. The van der Waals surface area contributed by atoms with Crippen LogP contribution in [0.25, 0.3) is 0 Å². The van der Waals surface area contributed by atoms with Crippen molar-refractivity contribution in [1.82, 2.24) is 5.32 Å². The molecule has 1 atom stereocenters. The Hall–Kier alpha value is -1.13. The van der Waals surface area contributed by atoms with Crippen LogP contribution in [0.5, 0.6) is 0 Å². The lowest BCUT2D eigenvalue weighted by Crippen LogP contribution is -2.50. The van der Waals surface area contributed by atoms with Gasteiger partial charge in [0.15, 0.2) is 0 Å². The Morgan fingerprint density at radius 1 is 1.35 bits per heavy atom. The molecule has 0 aromatic carbocycles. The van der Waals surface area contributed by atoms with E-state index in [4.69, 9.17) is 4.74 Å². The molecule has 1 aromatic rings. The second kappa shape index (κ2) is 6.10. The van der Waals surface area contributed by atoms with Gasteiger partial charge in [0.05, 0.1) is 5.54 Å². The lowest BCUT2D eigenvalue weighted by molar-refractivity contribution is -0.128. The van der Waals surface area contributed by atoms with Gasteiger partial charge in [0.1, 0.15) is 0 Å². The summed E-state index contributed by atoms with van der Waals surface area (Å²) in [7, 11) is 0. The smallest absolute Gasteiger partial charge is 0.224 e. The van der Waals surface area contributed by atoms with Crippen LogP contribution in [0.1, 0.15) is 37.0 Å². The van der Waals surface area contributed by atoms with Gasteiger partial charge in [-0.3, -0.25) is 4.79 Å². The molecule has 2 aliphatic rings. The van der Waals surface area contributed by atoms with Crippen LogP contribution < -0.4 is 5.32 Å². The molecule has 4 heteroatoms. The summed E-state index contributed by atoms with van der Waals surface area (Å²) in [5.41, 5.74) is -0.204. The summed E-state index contributed by atoms with van der Waals surface area (Å²) in [4.78, 5) is 13.8. The Bertz CT molecular complexity index is 475. The van der Waals surface area contributed by atoms with Crippen LogP contribution in [0.15, 0.2) is 29.7 Å². The number of amides is 1. The van der Waals surface area contributed by atoms with Gasteiger partial charge in [-0.25, -0.2) is 0 Å². The Labute approximate surface area is 124 Å². The standard InChI is InChI=1S/C16H21NO2S/c18-15(13-5-2-1-3-6-13)17-16(8-10-19-11-9-16)14-7-4-12-20-14/h1-2,4,7,12-13H,3,5-6,8-11H2,(H,17,18)/t13-/m1/s1. The molecule has 2 heterocycles.